The van der Waals surface area contributed by atoms with E-state index >= 15 is 0 Å². The molecule has 0 aliphatic heterocycles. The Morgan fingerprint density at radius 1 is 1.00 bits per heavy atom. The predicted octanol–water partition coefficient (Wildman–Crippen LogP) is 4.22. The largest absolute Gasteiger partial charge is 0.493 e. The smallest absolute Gasteiger partial charge is 0.161 e. The molecule has 0 aliphatic carbocycles. The van der Waals surface area contributed by atoms with Gasteiger partial charge in [-0.05, 0) is 59.9 Å². The highest BCUT2D eigenvalue weighted by Crippen LogP contribution is 2.30. The number of nitrogens with zero attached hydrogens (tertiary/aromatic N) is 1. The van der Waals surface area contributed by atoms with Gasteiger partial charge in [0.2, 0.25) is 0 Å². The summed E-state index contributed by atoms with van der Waals surface area (Å²) in [5.41, 5.74) is 10.9. The summed E-state index contributed by atoms with van der Waals surface area (Å²) in [4.78, 5) is 4.03. The van der Waals surface area contributed by atoms with Crippen LogP contribution in [0.15, 0.2) is 67.0 Å². The highest BCUT2D eigenvalue weighted by molar-refractivity contribution is 5.43. The van der Waals surface area contributed by atoms with Crippen molar-refractivity contribution in [2.45, 2.75) is 26.0 Å². The van der Waals surface area contributed by atoms with Gasteiger partial charge < -0.3 is 15.2 Å². The fraction of sp³-hybridized carbons (Fsp3) is 0.227. The summed E-state index contributed by atoms with van der Waals surface area (Å²) in [5.74, 6) is 1.45. The van der Waals surface area contributed by atoms with Crippen molar-refractivity contribution in [2.75, 3.05) is 7.11 Å². The second-order valence-electron chi connectivity index (χ2n) is 6.29. The summed E-state index contributed by atoms with van der Waals surface area (Å²) in [6, 6.07) is 18.0. The van der Waals surface area contributed by atoms with Crippen LogP contribution < -0.4 is 15.2 Å². The average molecular weight is 348 g/mol. The second kappa shape index (κ2) is 8.50. The first-order valence-electron chi connectivity index (χ1n) is 8.67. The van der Waals surface area contributed by atoms with Crippen LogP contribution in [-0.4, -0.2) is 12.1 Å². The van der Waals surface area contributed by atoms with Crippen LogP contribution in [0.3, 0.4) is 0 Å². The monoisotopic (exact) mass is 348 g/mol. The molecule has 0 spiro atoms. The van der Waals surface area contributed by atoms with Gasteiger partial charge in [0.25, 0.3) is 0 Å². The molecule has 1 aromatic heterocycles. The van der Waals surface area contributed by atoms with Crippen molar-refractivity contribution in [3.63, 3.8) is 0 Å². The van der Waals surface area contributed by atoms with Crippen molar-refractivity contribution in [2.24, 2.45) is 5.73 Å². The lowest BCUT2D eigenvalue weighted by Gasteiger charge is -2.15. The number of aryl methyl sites for hydroxylation is 1. The fourth-order valence-electron chi connectivity index (χ4n) is 2.87. The van der Waals surface area contributed by atoms with E-state index in [1.165, 1.54) is 11.1 Å². The van der Waals surface area contributed by atoms with Crippen molar-refractivity contribution in [3.8, 4) is 11.5 Å². The number of benzene rings is 2. The third kappa shape index (κ3) is 4.41. The molecule has 1 unspecified atom stereocenters. The van der Waals surface area contributed by atoms with Gasteiger partial charge in [0.1, 0.15) is 6.61 Å². The molecule has 0 aliphatic rings. The minimum Gasteiger partial charge on any atom is -0.493 e. The lowest BCUT2D eigenvalue weighted by Crippen LogP contribution is -2.13. The van der Waals surface area contributed by atoms with Gasteiger partial charge in [-0.2, -0.15) is 0 Å². The number of hydrogen-bond donors (Lipinski definition) is 1. The summed E-state index contributed by atoms with van der Waals surface area (Å²) in [6.07, 6.45) is 4.25. The zero-order valence-electron chi connectivity index (χ0n) is 15.2. The Kier molecular flexibility index (Phi) is 5.87. The Hall–Kier alpha value is -2.85. The molecule has 2 N–H and O–H groups in total. The number of aromatic nitrogens is 1. The van der Waals surface area contributed by atoms with E-state index in [4.69, 9.17) is 15.2 Å². The average Bonchev–Trinajstić information content (AvgIpc) is 2.68. The van der Waals surface area contributed by atoms with Crippen molar-refractivity contribution in [3.05, 3.63) is 89.2 Å². The van der Waals surface area contributed by atoms with Gasteiger partial charge in [-0.15, -0.1) is 0 Å². The summed E-state index contributed by atoms with van der Waals surface area (Å²) in [5, 5.41) is 0. The van der Waals surface area contributed by atoms with E-state index < -0.39 is 0 Å². The number of nitrogens with two attached hydrogens (primary N) is 1. The van der Waals surface area contributed by atoms with Gasteiger partial charge in [-0.3, -0.25) is 4.98 Å². The zero-order chi connectivity index (χ0) is 18.4. The molecule has 1 atom stereocenters. The fourth-order valence-corrected chi connectivity index (χ4v) is 2.87. The van der Waals surface area contributed by atoms with Gasteiger partial charge in [0.15, 0.2) is 11.5 Å². The van der Waals surface area contributed by atoms with Crippen LogP contribution in [0.1, 0.15) is 28.3 Å². The number of pyridine rings is 1. The molecule has 0 saturated heterocycles. The van der Waals surface area contributed by atoms with E-state index in [-0.39, 0.29) is 6.04 Å². The molecule has 3 aromatic rings. The van der Waals surface area contributed by atoms with Crippen LogP contribution >= 0.6 is 0 Å². The van der Waals surface area contributed by atoms with Crippen LogP contribution in [0.4, 0.5) is 0 Å². The number of rotatable bonds is 7. The number of methoxy groups -OCH3 is 1. The second-order valence-corrected chi connectivity index (χ2v) is 6.29. The Morgan fingerprint density at radius 3 is 2.50 bits per heavy atom. The third-order valence-electron chi connectivity index (χ3n) is 4.46. The van der Waals surface area contributed by atoms with Crippen molar-refractivity contribution < 1.29 is 9.47 Å². The molecule has 0 fully saturated rings. The molecule has 26 heavy (non-hydrogen) atoms. The van der Waals surface area contributed by atoms with Gasteiger partial charge in [-0.25, -0.2) is 0 Å². The van der Waals surface area contributed by atoms with E-state index in [9.17, 15) is 0 Å². The number of hydrogen-bond acceptors (Lipinski definition) is 4. The van der Waals surface area contributed by atoms with Crippen LogP contribution in [0.25, 0.3) is 0 Å². The first-order chi connectivity index (χ1) is 12.7. The van der Waals surface area contributed by atoms with Crippen LogP contribution in [0.2, 0.25) is 0 Å². The molecule has 4 nitrogen and oxygen atoms in total. The molecule has 0 saturated carbocycles. The lowest BCUT2D eigenvalue weighted by molar-refractivity contribution is 0.283. The molecule has 4 heteroatoms. The van der Waals surface area contributed by atoms with Crippen LogP contribution in [-0.2, 0) is 13.0 Å². The summed E-state index contributed by atoms with van der Waals surface area (Å²) in [7, 11) is 1.66. The maximum Gasteiger partial charge on any atom is 0.161 e. The Labute approximate surface area is 154 Å². The molecule has 3 rings (SSSR count). The van der Waals surface area contributed by atoms with E-state index in [0.29, 0.717) is 6.61 Å². The third-order valence-corrected chi connectivity index (χ3v) is 4.46. The van der Waals surface area contributed by atoms with Crippen molar-refractivity contribution in [1.82, 2.24) is 4.98 Å². The standard InChI is InChI=1S/C22H24N2O2/c1-16-5-3-4-6-19(16)15-26-21-8-7-17(14-22(21)25-2)13-20(23)18-9-11-24-12-10-18/h3-12,14,20H,13,15,23H2,1-2H3. The normalized spacial score (nSPS) is 11.8. The highest BCUT2D eigenvalue weighted by Gasteiger charge is 2.11. The van der Waals surface area contributed by atoms with Crippen molar-refractivity contribution >= 4 is 0 Å². The quantitative estimate of drug-likeness (QED) is 0.694. The Balaban J connectivity index is 1.70. The summed E-state index contributed by atoms with van der Waals surface area (Å²) in [6.45, 7) is 2.60. The first kappa shape index (κ1) is 18.0. The maximum atomic E-state index is 6.31. The van der Waals surface area contributed by atoms with Gasteiger partial charge in [0, 0.05) is 18.4 Å². The van der Waals surface area contributed by atoms with E-state index in [0.717, 1.165) is 29.0 Å². The topological polar surface area (TPSA) is 57.4 Å². The minimum atomic E-state index is -0.0820. The molecular weight excluding hydrogens is 324 g/mol. The van der Waals surface area contributed by atoms with Gasteiger partial charge in [0.05, 0.1) is 7.11 Å². The minimum absolute atomic E-state index is 0.0820. The molecular formula is C22H24N2O2. The number of ether oxygens (including phenoxy) is 2. The predicted molar refractivity (Wildman–Crippen MR) is 103 cm³/mol. The zero-order valence-corrected chi connectivity index (χ0v) is 15.2. The Bertz CT molecular complexity index is 850. The van der Waals surface area contributed by atoms with E-state index in [1.807, 2.05) is 42.5 Å². The van der Waals surface area contributed by atoms with Crippen LogP contribution in [0.5, 0.6) is 11.5 Å². The Morgan fingerprint density at radius 2 is 1.77 bits per heavy atom. The molecule has 134 valence electrons. The SMILES string of the molecule is COc1cc(CC(N)c2ccncc2)ccc1OCc1ccccc1C. The molecule has 1 heterocycles. The van der Waals surface area contributed by atoms with E-state index in [2.05, 4.69) is 24.0 Å². The van der Waals surface area contributed by atoms with Crippen LogP contribution in [0, 0.1) is 6.92 Å². The molecule has 2 aromatic carbocycles. The molecule has 0 radical (unpaired) electrons. The van der Waals surface area contributed by atoms with Gasteiger partial charge >= 0.3 is 0 Å². The van der Waals surface area contributed by atoms with Gasteiger partial charge in [-0.1, -0.05) is 30.3 Å². The highest BCUT2D eigenvalue weighted by atomic mass is 16.5. The first-order valence-corrected chi connectivity index (χ1v) is 8.67. The van der Waals surface area contributed by atoms with E-state index in [1.54, 1.807) is 19.5 Å². The summed E-state index contributed by atoms with van der Waals surface area (Å²) >= 11 is 0. The molecule has 0 amide bonds. The summed E-state index contributed by atoms with van der Waals surface area (Å²) < 4.78 is 11.5. The van der Waals surface area contributed by atoms with Crippen molar-refractivity contribution in [1.29, 1.82) is 0 Å². The lowest BCUT2D eigenvalue weighted by atomic mass is 10.0. The maximum absolute atomic E-state index is 6.31. The molecule has 0 bridgehead atoms.